The van der Waals surface area contributed by atoms with Crippen LogP contribution in [0.25, 0.3) is 45.0 Å². The van der Waals surface area contributed by atoms with Crippen LogP contribution in [0, 0.1) is 37.1 Å². The van der Waals surface area contributed by atoms with E-state index in [1.165, 1.54) is 85.7 Å². The molecule has 1 saturated heterocycles. The molecule has 706 valence electrons. The number of nitrogens with zero attached hydrogens (tertiary/aromatic N) is 12. The maximum Gasteiger partial charge on any atom is 0.498 e. The molecule has 14 aromatic rings. The summed E-state index contributed by atoms with van der Waals surface area (Å²) in [5, 5.41) is 77.3. The van der Waals surface area contributed by atoms with Crippen LogP contribution in [-0.4, -0.2) is 165 Å². The number of nitrogens with one attached hydrogen (secondary N) is 4. The van der Waals surface area contributed by atoms with Gasteiger partial charge in [-0.15, -0.1) is 0 Å². The lowest BCUT2D eigenvalue weighted by Gasteiger charge is -2.32. The highest BCUT2D eigenvalue weighted by atomic mass is 79.9. The van der Waals surface area contributed by atoms with Crippen molar-refractivity contribution >= 4 is 146 Å². The molecule has 136 heavy (non-hydrogen) atoms. The summed E-state index contributed by atoms with van der Waals surface area (Å²) in [7, 11) is 1.58. The molecule has 7 heterocycles. The van der Waals surface area contributed by atoms with Crippen LogP contribution in [0.1, 0.15) is 127 Å². The minimum atomic E-state index is -1.82. The van der Waals surface area contributed by atoms with Gasteiger partial charge in [-0.3, -0.25) is 33.5 Å². The van der Waals surface area contributed by atoms with Gasteiger partial charge < -0.3 is 84.0 Å². The minimum Gasteiger partial charge on any atom is -0.423 e. The fourth-order valence-electron chi connectivity index (χ4n) is 13.1. The number of aryl methyl sites for hydroxylation is 4. The summed E-state index contributed by atoms with van der Waals surface area (Å²) in [6.07, 6.45) is 12.6. The minimum absolute atomic E-state index is 0.0624. The summed E-state index contributed by atoms with van der Waals surface area (Å²) in [5.74, 6) is -5.19. The van der Waals surface area contributed by atoms with Gasteiger partial charge in [-0.2, -0.15) is 10.2 Å². The molecule has 8 aromatic carbocycles. The topological polar surface area (TPSA) is 499 Å². The number of nitrogen functional groups attached to an aromatic ring is 4. The number of aliphatic hydroxyl groups is 4. The first kappa shape index (κ1) is 105. The molecular formula is C92H90B2BrCl5F4N20O12. The van der Waals surface area contributed by atoms with Crippen molar-refractivity contribution in [3.63, 3.8) is 0 Å². The van der Waals surface area contributed by atoms with Crippen molar-refractivity contribution in [3.05, 3.63) is 328 Å². The number of aliphatic hydroxyl groups excluding tert-OH is 4. The molecular weight excluding hydrogens is 1930 g/mol. The van der Waals surface area contributed by atoms with Crippen molar-refractivity contribution in [2.75, 3.05) is 49.4 Å². The Balaban J connectivity index is 0.000000174. The SMILES string of the molecule is Cc1nn(C)cc1-c1cnc(N)c(-c2ccc(C(=O)N[C@H](CO)c3cccc(Cl)c3)c(F)c2)n1.Cc1nn(C)cc1B1OC(C)(C)C(C)(C)O1.Nc1ncc(Br)nc1-c1ccc(C(=O)N[C@H](CO)c2cccc(Cl)c2)c(F)c1.Nc1nccnc1-c1ccc(C(=O)N[C@H](CO)c2cccc(Cl)c2)c(F)c1.Nc1nccnc1Cl.O=C(N[C@H](CO)c1cccc(Cl)c1)c1ccc(B(O)O)cc1F. The van der Waals surface area contributed by atoms with Crippen LogP contribution in [0.15, 0.2) is 224 Å². The van der Waals surface area contributed by atoms with Crippen LogP contribution in [0.3, 0.4) is 0 Å². The Morgan fingerprint density at radius 2 is 0.794 bits per heavy atom. The van der Waals surface area contributed by atoms with Crippen molar-refractivity contribution in [2.45, 2.75) is 76.9 Å². The molecule has 4 atom stereocenters. The van der Waals surface area contributed by atoms with E-state index in [0.29, 0.717) is 86.4 Å². The zero-order valence-corrected chi connectivity index (χ0v) is 79.0. The molecule has 4 amide bonds. The first-order valence-corrected chi connectivity index (χ1v) is 43.6. The fraction of sp³-hybridized carbons (Fsp3) is 0.196. The van der Waals surface area contributed by atoms with Crippen LogP contribution >= 0.6 is 73.9 Å². The molecule has 1 aliphatic heterocycles. The quantitative estimate of drug-likeness (QED) is 0.0221. The van der Waals surface area contributed by atoms with Crippen molar-refractivity contribution in [2.24, 2.45) is 14.1 Å². The third-order valence-electron chi connectivity index (χ3n) is 20.8. The Hall–Kier alpha value is -13.0. The van der Waals surface area contributed by atoms with E-state index in [1.807, 2.05) is 33.3 Å². The largest absolute Gasteiger partial charge is 0.498 e. The van der Waals surface area contributed by atoms with Gasteiger partial charge in [0.05, 0.1) is 114 Å². The predicted molar refractivity (Wildman–Crippen MR) is 516 cm³/mol. The Labute approximate surface area is 811 Å². The van der Waals surface area contributed by atoms with E-state index in [1.54, 1.807) is 120 Å². The summed E-state index contributed by atoms with van der Waals surface area (Å²) in [4.78, 5) is 82.1. The summed E-state index contributed by atoms with van der Waals surface area (Å²) < 4.78 is 73.8. The molecule has 6 aromatic heterocycles. The van der Waals surface area contributed by atoms with E-state index in [9.17, 15) is 57.2 Å². The lowest BCUT2D eigenvalue weighted by atomic mass is 9.79. The molecule has 1 fully saturated rings. The van der Waals surface area contributed by atoms with Crippen molar-refractivity contribution in [1.29, 1.82) is 0 Å². The Morgan fingerprint density at radius 3 is 1.12 bits per heavy atom. The Morgan fingerprint density at radius 1 is 0.449 bits per heavy atom. The van der Waals surface area contributed by atoms with Gasteiger partial charge in [-0.1, -0.05) is 131 Å². The smallest absolute Gasteiger partial charge is 0.423 e. The van der Waals surface area contributed by atoms with Crippen molar-refractivity contribution < 1.29 is 76.5 Å². The average Bonchev–Trinajstić information content (AvgIpc) is 1.61. The van der Waals surface area contributed by atoms with Gasteiger partial charge in [0.25, 0.3) is 23.6 Å². The van der Waals surface area contributed by atoms with E-state index >= 15 is 0 Å². The van der Waals surface area contributed by atoms with E-state index in [0.717, 1.165) is 40.6 Å². The first-order valence-electron chi connectivity index (χ1n) is 40.9. The molecule has 0 spiro atoms. The van der Waals surface area contributed by atoms with Gasteiger partial charge >= 0.3 is 14.2 Å². The number of amides is 4. The number of aromatic nitrogens is 12. The van der Waals surface area contributed by atoms with Crippen LogP contribution in [0.4, 0.5) is 40.8 Å². The number of carbonyl (C=O) groups excluding carboxylic acids is 4. The fourth-order valence-corrected chi connectivity index (χ4v) is 14.3. The second kappa shape index (κ2) is 48.0. The molecule has 0 aliphatic carbocycles. The molecule has 0 bridgehead atoms. The van der Waals surface area contributed by atoms with E-state index in [2.05, 4.69) is 115 Å². The number of halogens is 10. The van der Waals surface area contributed by atoms with Gasteiger partial charge in [0.1, 0.15) is 62.4 Å². The normalized spacial score (nSPS) is 13.0. The Kier molecular flexibility index (Phi) is 37.1. The zero-order chi connectivity index (χ0) is 99.2. The number of rotatable bonds is 22. The molecule has 15 rings (SSSR count). The Bertz CT molecular complexity index is 6570. The third-order valence-corrected chi connectivity index (χ3v) is 22.4. The standard InChI is InChI=1S/C24H22ClFN6O2.C19H15BrClFN4O2.C19H16ClFN4O2.C15H14BClFNO4.C11H19BN2O2.C4H4ClN3/c1-13-18(11-32(2)31-13)20-10-28-23(27)22(29-20)15-6-7-17(19(26)9-15)24(34)30-21(12-33)14-4-3-5-16(25)8-14;20-16-8-24-18(23)17(26-16)11-4-5-13(14(22)7-11)19(28)25-15(9-27)10-2-1-3-12(21)6-10;20-13-3-1-2-11(8-13)16(10-26)25-19(27)14-5-4-12(9-15(14)21)17-18(22)24-7-6-23-17;17-11-3-1-2-9(6-11)14(8-20)19-15(21)12-5-4-10(16(22)23)7-13(12)18;1-8-9(7-14(6)13-8)12-15-10(2,3)11(4,5)16-12;5-3-4(6)8-2-1-7-3/h3-11,21,33H,12H2,1-2H3,(H2,27,28)(H,30,34);1-8,15,27H,9H2,(H2,23,24)(H,25,28);1-9,16,26H,10H2,(H2,22,24)(H,25,27);1-7,14,20,22-23H,8H2,(H,19,21);7H,1-6H3;1-2H,(H2,6,8)/t21-;15-;16-;14-;;/m1111../s1. The highest BCUT2D eigenvalue weighted by molar-refractivity contribution is 9.10. The molecule has 44 heteroatoms. The van der Waals surface area contributed by atoms with Crippen LogP contribution in [0.2, 0.25) is 25.2 Å². The summed E-state index contributed by atoms with van der Waals surface area (Å²) in [5.41, 5.74) is 29.9. The summed E-state index contributed by atoms with van der Waals surface area (Å²) in [6.45, 7) is 10.6. The number of anilines is 4. The van der Waals surface area contributed by atoms with Gasteiger partial charge in [0.2, 0.25) is 0 Å². The maximum absolute atomic E-state index is 15.0. The number of hydrogen-bond acceptors (Lipinski definition) is 26. The summed E-state index contributed by atoms with van der Waals surface area (Å²) >= 11 is 32.3. The number of nitrogens with two attached hydrogens (primary N) is 4. The number of hydrogen-bond donors (Lipinski definition) is 14. The predicted octanol–water partition coefficient (Wildman–Crippen LogP) is 12.8. The monoisotopic (exact) mass is 2020 g/mol. The highest BCUT2D eigenvalue weighted by Gasteiger charge is 2.52. The summed E-state index contributed by atoms with van der Waals surface area (Å²) in [6, 6.07) is 39.2. The van der Waals surface area contributed by atoms with Crippen molar-refractivity contribution in [1.82, 2.24) is 80.7 Å². The first-order chi connectivity index (χ1) is 64.6. The van der Waals surface area contributed by atoms with Gasteiger partial charge in [-0.05, 0) is 182 Å². The van der Waals surface area contributed by atoms with Crippen LogP contribution in [-0.2, 0) is 23.4 Å². The van der Waals surface area contributed by atoms with Gasteiger partial charge in [0, 0.05) is 99.1 Å². The highest BCUT2D eigenvalue weighted by Crippen LogP contribution is 2.38. The van der Waals surface area contributed by atoms with Crippen LogP contribution in [0.5, 0.6) is 0 Å². The van der Waals surface area contributed by atoms with E-state index in [4.69, 9.17) is 100 Å². The zero-order valence-electron chi connectivity index (χ0n) is 73.7. The third kappa shape index (κ3) is 27.9. The lowest BCUT2D eigenvalue weighted by molar-refractivity contribution is 0.00578. The number of benzene rings is 8. The van der Waals surface area contributed by atoms with Gasteiger partial charge in [0.15, 0.2) is 11.0 Å². The second-order valence-corrected chi connectivity index (χ2v) is 33.8. The molecule has 32 nitrogen and oxygen atoms in total. The molecule has 0 unspecified atom stereocenters. The molecule has 0 radical (unpaired) electrons. The van der Waals surface area contributed by atoms with Gasteiger partial charge in [-0.25, -0.2) is 52.4 Å². The number of carbonyl (C=O) groups is 4. The van der Waals surface area contributed by atoms with E-state index in [-0.39, 0.29) is 101 Å². The van der Waals surface area contributed by atoms with Crippen molar-refractivity contribution in [3.8, 4) is 45.0 Å². The molecule has 18 N–H and O–H groups in total. The van der Waals surface area contributed by atoms with E-state index < -0.39 is 78.2 Å². The van der Waals surface area contributed by atoms with Crippen LogP contribution < -0.4 is 55.1 Å². The average molecular weight is 2020 g/mol. The lowest BCUT2D eigenvalue weighted by Crippen LogP contribution is -2.41. The molecule has 0 saturated carbocycles. The maximum atomic E-state index is 15.0. The molecule has 1 aliphatic rings. The second-order valence-electron chi connectivity index (χ2n) is 30.9.